The van der Waals surface area contributed by atoms with Crippen molar-refractivity contribution in [3.8, 4) is 0 Å². The van der Waals surface area contributed by atoms with Crippen molar-refractivity contribution in [1.29, 1.82) is 0 Å². The molecule has 4 heteroatoms. The molecule has 1 aromatic carbocycles. The zero-order valence-corrected chi connectivity index (χ0v) is 8.66. The molecule has 1 rings (SSSR count). The zero-order chi connectivity index (χ0) is 8.10. The second-order valence-electron chi connectivity index (χ2n) is 2.23. The summed E-state index contributed by atoms with van der Waals surface area (Å²) in [6.45, 7) is 0.559. The summed E-state index contributed by atoms with van der Waals surface area (Å²) >= 11 is 0. The molecule has 0 atom stereocenters. The van der Waals surface area contributed by atoms with E-state index in [1.165, 1.54) is 0 Å². The van der Waals surface area contributed by atoms with Crippen LogP contribution in [-0.2, 0) is 28.9 Å². The van der Waals surface area contributed by atoms with Crippen LogP contribution in [0.5, 0.6) is 0 Å². The summed E-state index contributed by atoms with van der Waals surface area (Å²) in [4.78, 5) is 3.87. The van der Waals surface area contributed by atoms with E-state index in [1.54, 1.807) is 0 Å². The molecule has 0 aliphatic rings. The average molecular weight is 346 g/mol. The van der Waals surface area contributed by atoms with E-state index in [9.17, 15) is 0 Å². The second-order valence-corrected chi connectivity index (χ2v) is 2.23. The van der Waals surface area contributed by atoms with E-state index in [2.05, 4.69) is 4.99 Å². The van der Waals surface area contributed by atoms with E-state index in [4.69, 9.17) is 11.5 Å². The van der Waals surface area contributed by atoms with E-state index >= 15 is 0 Å². The van der Waals surface area contributed by atoms with Crippen LogP contribution in [0.15, 0.2) is 35.3 Å². The maximum Gasteiger partial charge on any atom is 0.186 e. The van der Waals surface area contributed by atoms with E-state index < -0.39 is 0 Å². The number of hydrogen-bond donors (Lipinski definition) is 2. The fraction of sp³-hybridized carbons (Fsp3) is 0.125. The third-order valence-corrected chi connectivity index (χ3v) is 1.29. The molecule has 12 heavy (non-hydrogen) atoms. The van der Waals surface area contributed by atoms with Gasteiger partial charge in [0.15, 0.2) is 5.96 Å². The first kappa shape index (κ1) is 11.2. The molecule has 3 nitrogen and oxygen atoms in total. The number of benzene rings is 1. The minimum Gasteiger partial charge on any atom is -0.370 e. The molecule has 4 N–H and O–H groups in total. The minimum absolute atomic E-state index is 0. The van der Waals surface area contributed by atoms with Crippen molar-refractivity contribution in [1.82, 2.24) is 0 Å². The number of guanidine groups is 1. The van der Waals surface area contributed by atoms with Gasteiger partial charge in [-0.1, -0.05) is 30.3 Å². The predicted molar refractivity (Wildman–Crippen MR) is 46.0 cm³/mol. The van der Waals surface area contributed by atoms with Crippen LogP contribution >= 0.6 is 0 Å². The Balaban J connectivity index is 0.00000121. The number of rotatable bonds is 2. The van der Waals surface area contributed by atoms with Crippen molar-refractivity contribution in [3.05, 3.63) is 35.9 Å². The number of nitrogens with two attached hydrogens (primary N) is 2. The Morgan fingerprint density at radius 2 is 1.75 bits per heavy atom. The molecular formula is C8H11AuN3. The molecular weight excluding hydrogens is 335 g/mol. The first-order valence-electron chi connectivity index (χ1n) is 3.38. The Kier molecular flexibility index (Phi) is 5.45. The van der Waals surface area contributed by atoms with E-state index in [1.807, 2.05) is 30.3 Å². The third-order valence-electron chi connectivity index (χ3n) is 1.29. The summed E-state index contributed by atoms with van der Waals surface area (Å²) in [7, 11) is 0. The average Bonchev–Trinajstić information content (AvgIpc) is 2.03. The van der Waals surface area contributed by atoms with Gasteiger partial charge < -0.3 is 11.5 Å². The molecule has 69 valence electrons. The summed E-state index contributed by atoms with van der Waals surface area (Å²) in [6, 6.07) is 9.83. The Morgan fingerprint density at radius 1 is 1.17 bits per heavy atom. The molecule has 0 amide bonds. The third kappa shape index (κ3) is 4.18. The van der Waals surface area contributed by atoms with Gasteiger partial charge in [0.05, 0.1) is 6.54 Å². The van der Waals surface area contributed by atoms with Crippen LogP contribution in [0.25, 0.3) is 0 Å². The largest absolute Gasteiger partial charge is 0.370 e. The van der Waals surface area contributed by atoms with Crippen molar-refractivity contribution in [2.75, 3.05) is 0 Å². The van der Waals surface area contributed by atoms with Crippen molar-refractivity contribution >= 4 is 5.96 Å². The van der Waals surface area contributed by atoms with Gasteiger partial charge in [0, 0.05) is 22.4 Å². The van der Waals surface area contributed by atoms with Gasteiger partial charge in [-0.3, -0.25) is 0 Å². The van der Waals surface area contributed by atoms with Crippen molar-refractivity contribution in [2.24, 2.45) is 16.5 Å². The summed E-state index contributed by atoms with van der Waals surface area (Å²) in [5.41, 5.74) is 11.4. The molecule has 0 heterocycles. The molecule has 0 aliphatic heterocycles. The Labute approximate surface area is 87.4 Å². The van der Waals surface area contributed by atoms with Crippen LogP contribution in [-0.4, -0.2) is 5.96 Å². The van der Waals surface area contributed by atoms with Gasteiger partial charge in [-0.25, -0.2) is 4.99 Å². The summed E-state index contributed by atoms with van der Waals surface area (Å²) < 4.78 is 0. The smallest absolute Gasteiger partial charge is 0.186 e. The Bertz CT molecular complexity index is 242. The molecule has 0 fully saturated rings. The molecule has 0 aromatic heterocycles. The standard InChI is InChI=1S/C8H11N3.Au/c9-8(10)11-6-7-4-2-1-3-5-7;/h1-5H,6H2,(H4,9,10,11);. The van der Waals surface area contributed by atoms with Crippen LogP contribution in [0.2, 0.25) is 0 Å². The number of hydrogen-bond acceptors (Lipinski definition) is 1. The second kappa shape index (κ2) is 5.83. The van der Waals surface area contributed by atoms with Gasteiger partial charge >= 0.3 is 0 Å². The maximum absolute atomic E-state index is 5.17. The van der Waals surface area contributed by atoms with Gasteiger partial charge in [0.1, 0.15) is 0 Å². The van der Waals surface area contributed by atoms with Gasteiger partial charge in [-0.05, 0) is 5.56 Å². The molecule has 0 saturated heterocycles. The first-order valence-corrected chi connectivity index (χ1v) is 3.38. The minimum atomic E-state index is 0. The number of aliphatic imine (C=N–C) groups is 1. The molecule has 0 aliphatic carbocycles. The van der Waals surface area contributed by atoms with Crippen molar-refractivity contribution in [2.45, 2.75) is 6.54 Å². The molecule has 0 unspecified atom stereocenters. The molecule has 0 saturated carbocycles. The van der Waals surface area contributed by atoms with Crippen LogP contribution in [0.3, 0.4) is 0 Å². The fourth-order valence-electron chi connectivity index (χ4n) is 0.766. The SMILES string of the molecule is NC(N)=NCc1ccccc1.[Au]. The summed E-state index contributed by atoms with van der Waals surface area (Å²) in [6.07, 6.45) is 0. The van der Waals surface area contributed by atoms with E-state index in [-0.39, 0.29) is 28.3 Å². The summed E-state index contributed by atoms with van der Waals surface area (Å²) in [5.74, 6) is 0.133. The van der Waals surface area contributed by atoms with Crippen molar-refractivity contribution in [3.63, 3.8) is 0 Å². The van der Waals surface area contributed by atoms with Gasteiger partial charge in [-0.2, -0.15) is 0 Å². The first-order chi connectivity index (χ1) is 5.29. The molecule has 1 aromatic rings. The van der Waals surface area contributed by atoms with Gasteiger partial charge in [0.25, 0.3) is 0 Å². The molecule has 0 spiro atoms. The van der Waals surface area contributed by atoms with Crippen LogP contribution in [0.4, 0.5) is 0 Å². The van der Waals surface area contributed by atoms with Crippen LogP contribution in [0.1, 0.15) is 5.56 Å². The molecule has 0 bridgehead atoms. The van der Waals surface area contributed by atoms with E-state index in [0.717, 1.165) is 5.56 Å². The summed E-state index contributed by atoms with van der Waals surface area (Å²) in [5, 5.41) is 0. The molecule has 1 radical (unpaired) electrons. The fourth-order valence-corrected chi connectivity index (χ4v) is 0.766. The van der Waals surface area contributed by atoms with Gasteiger partial charge in [0.2, 0.25) is 0 Å². The maximum atomic E-state index is 5.17. The van der Waals surface area contributed by atoms with Crippen LogP contribution in [0, 0.1) is 0 Å². The predicted octanol–water partition coefficient (Wildman–Crippen LogP) is 0.457. The zero-order valence-electron chi connectivity index (χ0n) is 6.50. The Morgan fingerprint density at radius 3 is 2.25 bits per heavy atom. The van der Waals surface area contributed by atoms with Crippen molar-refractivity contribution < 1.29 is 22.4 Å². The quantitative estimate of drug-likeness (QED) is 0.464. The van der Waals surface area contributed by atoms with Gasteiger partial charge in [-0.15, -0.1) is 0 Å². The number of nitrogens with zero attached hydrogens (tertiary/aromatic N) is 1. The van der Waals surface area contributed by atoms with E-state index in [0.29, 0.717) is 6.54 Å². The van der Waals surface area contributed by atoms with Crippen LogP contribution < -0.4 is 11.5 Å². The monoisotopic (exact) mass is 346 g/mol. The topological polar surface area (TPSA) is 64.4 Å². The normalized spacial score (nSPS) is 8.33. The Hall–Kier alpha value is -0.770.